The van der Waals surface area contributed by atoms with Crippen LogP contribution >= 0.6 is 0 Å². The molecule has 0 spiro atoms. The van der Waals surface area contributed by atoms with Crippen molar-refractivity contribution in [3.63, 3.8) is 0 Å². The minimum absolute atomic E-state index is 0.0474. The molecule has 0 aromatic heterocycles. The smallest absolute Gasteiger partial charge is 0.144 e. The Morgan fingerprint density at radius 1 is 1.23 bits per heavy atom. The molecule has 1 atom stereocenters. The van der Waals surface area contributed by atoms with Crippen molar-refractivity contribution in [1.82, 2.24) is 0 Å². The summed E-state index contributed by atoms with van der Waals surface area (Å²) in [7, 11) is 0. The Balaban J connectivity index is 2.26. The molecule has 0 fully saturated rings. The van der Waals surface area contributed by atoms with E-state index in [2.05, 4.69) is 18.7 Å². The van der Waals surface area contributed by atoms with Gasteiger partial charge in [0.25, 0.3) is 0 Å². The second kappa shape index (κ2) is 3.48. The lowest BCUT2D eigenvalue weighted by Crippen LogP contribution is -2.06. The predicted octanol–water partition coefficient (Wildman–Crippen LogP) is 3.22. The molecule has 0 bridgehead atoms. The van der Waals surface area contributed by atoms with E-state index in [0.717, 1.165) is 12.0 Å². The zero-order chi connectivity index (χ0) is 9.10. The zero-order valence-corrected chi connectivity index (χ0v) is 7.44. The van der Waals surface area contributed by atoms with Crippen molar-refractivity contribution in [2.24, 2.45) is 0 Å². The van der Waals surface area contributed by atoms with Crippen molar-refractivity contribution in [2.75, 3.05) is 0 Å². The summed E-state index contributed by atoms with van der Waals surface area (Å²) in [5.41, 5.74) is 2.30. The van der Waals surface area contributed by atoms with Crippen molar-refractivity contribution in [1.29, 1.82) is 0 Å². The normalized spacial score (nSPS) is 21.2. The van der Waals surface area contributed by atoms with Gasteiger partial charge in [0.2, 0.25) is 0 Å². The number of rotatable bonds is 1. The second-order valence-corrected chi connectivity index (χ2v) is 3.16. The van der Waals surface area contributed by atoms with Gasteiger partial charge >= 0.3 is 0 Å². The quantitative estimate of drug-likeness (QED) is 0.591. The number of hydrogen-bond acceptors (Lipinski definition) is 1. The van der Waals surface area contributed by atoms with Gasteiger partial charge in [-0.2, -0.15) is 0 Å². The molecule has 1 aromatic carbocycles. The molecular weight excluding hydrogens is 160 g/mol. The van der Waals surface area contributed by atoms with Crippen LogP contribution in [0.5, 0.6) is 0 Å². The Hall–Kier alpha value is -1.50. The topological polar surface area (TPSA) is 9.23 Å². The third-order valence-corrected chi connectivity index (χ3v) is 2.16. The molecule has 2 rings (SSSR count). The summed E-state index contributed by atoms with van der Waals surface area (Å²) in [6.07, 6.45) is 4.71. The third kappa shape index (κ3) is 1.64. The molecule has 0 saturated carbocycles. The summed E-state index contributed by atoms with van der Waals surface area (Å²) in [6.45, 7) is 4.00. The van der Waals surface area contributed by atoms with Crippen molar-refractivity contribution in [3.8, 4) is 0 Å². The Bertz CT molecular complexity index is 324. The first-order valence-corrected chi connectivity index (χ1v) is 4.41. The number of benzene rings is 1. The van der Waals surface area contributed by atoms with Gasteiger partial charge in [-0.05, 0) is 23.6 Å². The van der Waals surface area contributed by atoms with Crippen LogP contribution in [-0.2, 0) is 4.74 Å². The van der Waals surface area contributed by atoms with Crippen LogP contribution in [-0.4, -0.2) is 0 Å². The fourth-order valence-corrected chi connectivity index (χ4v) is 1.48. The van der Waals surface area contributed by atoms with Gasteiger partial charge in [0.15, 0.2) is 0 Å². The lowest BCUT2D eigenvalue weighted by molar-refractivity contribution is 0.167. The Kier molecular flexibility index (Phi) is 2.17. The molecule has 1 aliphatic rings. The van der Waals surface area contributed by atoms with E-state index in [-0.39, 0.29) is 6.10 Å². The highest BCUT2D eigenvalue weighted by atomic mass is 16.5. The molecule has 1 aromatic rings. The average molecular weight is 172 g/mol. The highest BCUT2D eigenvalue weighted by Gasteiger charge is 2.16. The molecule has 1 aliphatic heterocycles. The molecule has 0 N–H and O–H groups in total. The zero-order valence-electron chi connectivity index (χ0n) is 7.44. The molecule has 0 aliphatic carbocycles. The van der Waals surface area contributed by atoms with Crippen LogP contribution in [0.1, 0.15) is 18.1 Å². The van der Waals surface area contributed by atoms with Crippen LogP contribution in [0.3, 0.4) is 0 Å². The average Bonchev–Trinajstić information content (AvgIpc) is 2.20. The lowest BCUT2D eigenvalue weighted by atomic mass is 9.99. The van der Waals surface area contributed by atoms with Crippen LogP contribution in [0.15, 0.2) is 54.8 Å². The SMILES string of the molecule is C=C1CC=COC1c1ccccc1. The van der Waals surface area contributed by atoms with Gasteiger partial charge in [-0.3, -0.25) is 0 Å². The van der Waals surface area contributed by atoms with E-state index >= 15 is 0 Å². The van der Waals surface area contributed by atoms with Crippen LogP contribution < -0.4 is 0 Å². The van der Waals surface area contributed by atoms with Gasteiger partial charge in [-0.25, -0.2) is 0 Å². The molecule has 1 heterocycles. The van der Waals surface area contributed by atoms with Crippen molar-refractivity contribution >= 4 is 0 Å². The molecule has 1 nitrogen and oxygen atoms in total. The van der Waals surface area contributed by atoms with E-state index in [1.807, 2.05) is 24.3 Å². The fraction of sp³-hybridized carbons (Fsp3) is 0.167. The Morgan fingerprint density at radius 3 is 2.69 bits per heavy atom. The van der Waals surface area contributed by atoms with Gasteiger partial charge in [-0.15, -0.1) is 0 Å². The highest BCUT2D eigenvalue weighted by Crippen LogP contribution is 2.29. The van der Waals surface area contributed by atoms with Crippen LogP contribution in [0.4, 0.5) is 0 Å². The van der Waals surface area contributed by atoms with Crippen LogP contribution in [0.2, 0.25) is 0 Å². The van der Waals surface area contributed by atoms with Gasteiger partial charge in [0, 0.05) is 0 Å². The van der Waals surface area contributed by atoms with E-state index in [9.17, 15) is 0 Å². The molecule has 0 radical (unpaired) electrons. The Labute approximate surface area is 78.3 Å². The summed E-state index contributed by atoms with van der Waals surface area (Å²) in [5, 5.41) is 0. The maximum absolute atomic E-state index is 5.50. The maximum Gasteiger partial charge on any atom is 0.144 e. The molecule has 0 amide bonds. The first-order chi connectivity index (χ1) is 6.38. The monoisotopic (exact) mass is 172 g/mol. The van der Waals surface area contributed by atoms with Gasteiger partial charge in [-0.1, -0.05) is 36.9 Å². The third-order valence-electron chi connectivity index (χ3n) is 2.16. The summed E-state index contributed by atoms with van der Waals surface area (Å²) in [4.78, 5) is 0. The van der Waals surface area contributed by atoms with E-state index in [1.165, 1.54) is 5.56 Å². The number of hydrogen-bond donors (Lipinski definition) is 0. The summed E-state index contributed by atoms with van der Waals surface area (Å²) in [6, 6.07) is 10.2. The molecular formula is C12H12O. The van der Waals surface area contributed by atoms with Gasteiger partial charge in [0.1, 0.15) is 6.10 Å². The second-order valence-electron chi connectivity index (χ2n) is 3.16. The first-order valence-electron chi connectivity index (χ1n) is 4.41. The van der Waals surface area contributed by atoms with Crippen molar-refractivity contribution < 1.29 is 4.74 Å². The highest BCUT2D eigenvalue weighted by molar-refractivity contribution is 5.27. The van der Waals surface area contributed by atoms with Gasteiger partial charge < -0.3 is 4.74 Å². The molecule has 1 unspecified atom stereocenters. The minimum Gasteiger partial charge on any atom is -0.489 e. The maximum atomic E-state index is 5.50. The molecule has 13 heavy (non-hydrogen) atoms. The number of ether oxygens (including phenoxy) is 1. The summed E-state index contributed by atoms with van der Waals surface area (Å²) in [5.74, 6) is 0. The number of allylic oxidation sites excluding steroid dienone is 1. The van der Waals surface area contributed by atoms with E-state index in [4.69, 9.17) is 4.74 Å². The summed E-state index contributed by atoms with van der Waals surface area (Å²) >= 11 is 0. The largest absolute Gasteiger partial charge is 0.489 e. The van der Waals surface area contributed by atoms with E-state index in [0.29, 0.717) is 0 Å². The van der Waals surface area contributed by atoms with Gasteiger partial charge in [0.05, 0.1) is 6.26 Å². The first kappa shape index (κ1) is 8.11. The van der Waals surface area contributed by atoms with Crippen LogP contribution in [0, 0.1) is 0 Å². The predicted molar refractivity (Wildman–Crippen MR) is 53.2 cm³/mol. The van der Waals surface area contributed by atoms with Crippen molar-refractivity contribution in [2.45, 2.75) is 12.5 Å². The van der Waals surface area contributed by atoms with E-state index in [1.54, 1.807) is 6.26 Å². The molecule has 1 heteroatoms. The standard InChI is InChI=1S/C12H12O/c1-10-6-5-9-13-12(10)11-7-3-2-4-8-11/h2-5,7-9,12H,1,6H2. The lowest BCUT2D eigenvalue weighted by Gasteiger charge is -2.22. The fourth-order valence-electron chi connectivity index (χ4n) is 1.48. The molecule has 66 valence electrons. The van der Waals surface area contributed by atoms with Crippen LogP contribution in [0.25, 0.3) is 0 Å². The van der Waals surface area contributed by atoms with E-state index < -0.39 is 0 Å². The Morgan fingerprint density at radius 2 is 2.00 bits per heavy atom. The minimum atomic E-state index is 0.0474. The summed E-state index contributed by atoms with van der Waals surface area (Å²) < 4.78 is 5.50. The van der Waals surface area contributed by atoms with Crippen molar-refractivity contribution in [3.05, 3.63) is 60.4 Å². The molecule has 0 saturated heterocycles.